The average molecular weight is 292 g/mol. The first-order valence-corrected chi connectivity index (χ1v) is 6.24. The van der Waals surface area contributed by atoms with Gasteiger partial charge in [0.25, 0.3) is 0 Å². The number of ether oxygens (including phenoxy) is 1. The summed E-state index contributed by atoms with van der Waals surface area (Å²) in [4.78, 5) is 13.4. The van der Waals surface area contributed by atoms with E-state index in [0.717, 1.165) is 12.8 Å². The van der Waals surface area contributed by atoms with Gasteiger partial charge in [-0.25, -0.2) is 0 Å². The van der Waals surface area contributed by atoms with Crippen LogP contribution >= 0.6 is 0 Å². The first-order chi connectivity index (χ1) is 9.46. The predicted octanol–water partition coefficient (Wildman–Crippen LogP) is 0.848. The SMILES string of the molecule is O=C(COCC(F)(F)F)N1CCC[C@H]1Cn1ccnn1. The Morgan fingerprint density at radius 2 is 2.25 bits per heavy atom. The molecular formula is C11H15F3N4O2. The van der Waals surface area contributed by atoms with Gasteiger partial charge in [-0.05, 0) is 12.8 Å². The van der Waals surface area contributed by atoms with Gasteiger partial charge >= 0.3 is 6.18 Å². The molecule has 6 nitrogen and oxygen atoms in total. The van der Waals surface area contributed by atoms with Crippen molar-refractivity contribution >= 4 is 5.91 Å². The van der Waals surface area contributed by atoms with Gasteiger partial charge in [0.1, 0.15) is 13.2 Å². The largest absolute Gasteiger partial charge is 0.411 e. The standard InChI is InChI=1S/C11H15F3N4O2/c12-11(13,14)8-20-7-10(19)18-4-1-2-9(18)6-17-5-3-15-16-17/h3,5,9H,1-2,4,6-8H2/t9-/m0/s1. The van der Waals surface area contributed by atoms with Gasteiger partial charge in [-0.15, -0.1) is 5.10 Å². The molecule has 2 heterocycles. The number of alkyl halides is 3. The summed E-state index contributed by atoms with van der Waals surface area (Å²) in [6.07, 6.45) is 0.426. The number of carbonyl (C=O) groups excluding carboxylic acids is 1. The van der Waals surface area contributed by atoms with Crippen LogP contribution in [-0.4, -0.2) is 57.8 Å². The lowest BCUT2D eigenvalue weighted by Gasteiger charge is -2.24. The number of hydrogen-bond donors (Lipinski definition) is 0. The third-order valence-electron chi connectivity index (χ3n) is 3.06. The van der Waals surface area contributed by atoms with E-state index in [-0.39, 0.29) is 6.04 Å². The Labute approximate surface area is 113 Å². The molecule has 0 radical (unpaired) electrons. The van der Waals surface area contributed by atoms with Gasteiger partial charge in [0.05, 0.1) is 18.8 Å². The molecule has 1 aromatic heterocycles. The maximum Gasteiger partial charge on any atom is 0.411 e. The van der Waals surface area contributed by atoms with Crippen LogP contribution in [0.25, 0.3) is 0 Å². The van der Waals surface area contributed by atoms with E-state index < -0.39 is 25.3 Å². The molecule has 0 unspecified atom stereocenters. The molecule has 0 spiro atoms. The molecule has 1 atom stereocenters. The van der Waals surface area contributed by atoms with Crippen LogP contribution in [0.4, 0.5) is 13.2 Å². The lowest BCUT2D eigenvalue weighted by Crippen LogP contribution is -2.40. The lowest BCUT2D eigenvalue weighted by molar-refractivity contribution is -0.178. The number of halogens is 3. The molecule has 0 saturated carbocycles. The minimum atomic E-state index is -4.41. The second-order valence-electron chi connectivity index (χ2n) is 4.62. The third kappa shape index (κ3) is 4.19. The van der Waals surface area contributed by atoms with Crippen molar-refractivity contribution < 1.29 is 22.7 Å². The van der Waals surface area contributed by atoms with Gasteiger partial charge in [0.15, 0.2) is 0 Å². The van der Waals surface area contributed by atoms with Crippen molar-refractivity contribution in [3.63, 3.8) is 0 Å². The number of hydrogen-bond acceptors (Lipinski definition) is 4. The Kier molecular flexibility index (Phi) is 4.58. The van der Waals surface area contributed by atoms with Gasteiger partial charge in [-0.1, -0.05) is 5.21 Å². The minimum Gasteiger partial charge on any atom is -0.362 e. The summed E-state index contributed by atoms with van der Waals surface area (Å²) >= 11 is 0. The summed E-state index contributed by atoms with van der Waals surface area (Å²) < 4.78 is 41.8. The molecule has 0 aliphatic carbocycles. The van der Waals surface area contributed by atoms with Crippen LogP contribution in [0.15, 0.2) is 12.4 Å². The molecule has 9 heteroatoms. The Morgan fingerprint density at radius 1 is 1.45 bits per heavy atom. The molecule has 1 aromatic rings. The number of carbonyl (C=O) groups is 1. The fourth-order valence-electron chi connectivity index (χ4n) is 2.24. The van der Waals surface area contributed by atoms with E-state index in [4.69, 9.17) is 0 Å². The highest BCUT2D eigenvalue weighted by atomic mass is 19.4. The summed E-state index contributed by atoms with van der Waals surface area (Å²) in [5.41, 5.74) is 0. The van der Waals surface area contributed by atoms with Crippen molar-refractivity contribution in [2.45, 2.75) is 31.6 Å². The third-order valence-corrected chi connectivity index (χ3v) is 3.06. The highest BCUT2D eigenvalue weighted by molar-refractivity contribution is 5.78. The summed E-state index contributed by atoms with van der Waals surface area (Å²) in [6, 6.07) is -0.0707. The van der Waals surface area contributed by atoms with E-state index in [9.17, 15) is 18.0 Å². The second-order valence-corrected chi connectivity index (χ2v) is 4.62. The van der Waals surface area contributed by atoms with Crippen LogP contribution in [0.1, 0.15) is 12.8 Å². The molecule has 1 saturated heterocycles. The fourth-order valence-corrected chi connectivity index (χ4v) is 2.24. The quantitative estimate of drug-likeness (QED) is 0.807. The molecule has 0 bridgehead atoms. The maximum absolute atomic E-state index is 11.9. The number of amides is 1. The molecule has 0 N–H and O–H groups in total. The van der Waals surface area contributed by atoms with Crippen molar-refractivity contribution in [1.82, 2.24) is 19.9 Å². The zero-order chi connectivity index (χ0) is 14.6. The van der Waals surface area contributed by atoms with Crippen LogP contribution in [0, 0.1) is 0 Å². The minimum absolute atomic E-state index is 0.0707. The zero-order valence-corrected chi connectivity index (χ0v) is 10.7. The maximum atomic E-state index is 11.9. The number of aromatic nitrogens is 3. The summed E-state index contributed by atoms with van der Waals surface area (Å²) in [5, 5.41) is 7.49. The van der Waals surface area contributed by atoms with Crippen LogP contribution in [0.5, 0.6) is 0 Å². The topological polar surface area (TPSA) is 60.2 Å². The molecule has 1 amide bonds. The zero-order valence-electron chi connectivity index (χ0n) is 10.7. The molecule has 1 aliphatic rings. The van der Waals surface area contributed by atoms with E-state index >= 15 is 0 Å². The van der Waals surface area contributed by atoms with Gasteiger partial charge in [-0.3, -0.25) is 9.48 Å². The molecule has 20 heavy (non-hydrogen) atoms. The first-order valence-electron chi connectivity index (χ1n) is 6.24. The lowest BCUT2D eigenvalue weighted by atomic mass is 10.2. The second kappa shape index (κ2) is 6.21. The van der Waals surface area contributed by atoms with Gasteiger partial charge in [0, 0.05) is 12.7 Å². The van der Waals surface area contributed by atoms with Gasteiger partial charge in [-0.2, -0.15) is 13.2 Å². The van der Waals surface area contributed by atoms with Crippen molar-refractivity contribution in [2.75, 3.05) is 19.8 Å². The van der Waals surface area contributed by atoms with Gasteiger partial charge < -0.3 is 9.64 Å². The van der Waals surface area contributed by atoms with Crippen molar-refractivity contribution in [2.24, 2.45) is 0 Å². The highest BCUT2D eigenvalue weighted by Crippen LogP contribution is 2.19. The van der Waals surface area contributed by atoms with Crippen LogP contribution in [0.2, 0.25) is 0 Å². The Bertz CT molecular complexity index is 435. The fraction of sp³-hybridized carbons (Fsp3) is 0.727. The van der Waals surface area contributed by atoms with Crippen molar-refractivity contribution in [1.29, 1.82) is 0 Å². The first kappa shape index (κ1) is 14.8. The monoisotopic (exact) mass is 292 g/mol. The van der Waals surface area contributed by atoms with E-state index in [1.54, 1.807) is 15.8 Å². The van der Waals surface area contributed by atoms with E-state index in [2.05, 4.69) is 15.0 Å². The van der Waals surface area contributed by atoms with E-state index in [0.29, 0.717) is 13.1 Å². The van der Waals surface area contributed by atoms with Crippen LogP contribution in [-0.2, 0) is 16.1 Å². The van der Waals surface area contributed by atoms with Crippen LogP contribution < -0.4 is 0 Å². The highest BCUT2D eigenvalue weighted by Gasteiger charge is 2.31. The van der Waals surface area contributed by atoms with Gasteiger partial charge in [0.2, 0.25) is 5.91 Å². The Balaban J connectivity index is 1.82. The average Bonchev–Trinajstić information content (AvgIpc) is 2.99. The van der Waals surface area contributed by atoms with Crippen LogP contribution in [0.3, 0.4) is 0 Å². The molecule has 2 rings (SSSR count). The molecular weight excluding hydrogens is 277 g/mol. The summed E-state index contributed by atoms with van der Waals surface area (Å²) in [5.74, 6) is -0.420. The molecule has 0 aromatic carbocycles. The van der Waals surface area contributed by atoms with E-state index in [1.807, 2.05) is 0 Å². The molecule has 1 fully saturated rings. The predicted molar refractivity (Wildman–Crippen MR) is 61.6 cm³/mol. The van der Waals surface area contributed by atoms with Crippen molar-refractivity contribution in [3.8, 4) is 0 Å². The summed E-state index contributed by atoms with van der Waals surface area (Å²) in [6.45, 7) is -0.924. The van der Waals surface area contributed by atoms with E-state index in [1.165, 1.54) is 6.20 Å². The smallest absolute Gasteiger partial charge is 0.362 e. The summed E-state index contributed by atoms with van der Waals surface area (Å²) in [7, 11) is 0. The number of rotatable bonds is 5. The normalized spacial score (nSPS) is 19.6. The number of nitrogens with zero attached hydrogens (tertiary/aromatic N) is 4. The molecule has 1 aliphatic heterocycles. The Morgan fingerprint density at radius 3 is 2.90 bits per heavy atom. The number of likely N-dealkylation sites (tertiary alicyclic amines) is 1. The Hall–Kier alpha value is -1.64. The molecule has 112 valence electrons. The van der Waals surface area contributed by atoms with Crippen molar-refractivity contribution in [3.05, 3.63) is 12.4 Å².